The van der Waals surface area contributed by atoms with Gasteiger partial charge in [-0.05, 0) is 45.2 Å². The van der Waals surface area contributed by atoms with Crippen molar-refractivity contribution in [1.29, 1.82) is 0 Å². The number of para-hydroxylation sites is 1. The van der Waals surface area contributed by atoms with Gasteiger partial charge in [-0.15, -0.1) is 5.10 Å². The first-order valence-corrected chi connectivity index (χ1v) is 10.6. The zero-order chi connectivity index (χ0) is 22.2. The van der Waals surface area contributed by atoms with Crippen LogP contribution in [0.15, 0.2) is 24.4 Å². The third kappa shape index (κ3) is 3.95. The molecule has 2 aliphatic heterocycles. The van der Waals surface area contributed by atoms with E-state index in [0.717, 1.165) is 0 Å². The van der Waals surface area contributed by atoms with E-state index >= 15 is 0 Å². The maximum Gasteiger partial charge on any atom is 0.273 e. The minimum atomic E-state index is -0.389. The molecule has 1 aromatic carbocycles. The molecule has 5 N–H and O–H groups in total. The number of nitrogens with zero attached hydrogens (tertiary/aromatic N) is 4. The predicted molar refractivity (Wildman–Crippen MR) is 115 cm³/mol. The van der Waals surface area contributed by atoms with E-state index in [4.69, 9.17) is 16.2 Å². The Morgan fingerprint density at radius 2 is 2.00 bits per heavy atom. The number of aromatic nitrogens is 3. The maximum atomic E-state index is 13.5. The Morgan fingerprint density at radius 1 is 1.26 bits per heavy atom. The quantitative estimate of drug-likeness (QED) is 0.623. The minimum absolute atomic E-state index is 0.114. The summed E-state index contributed by atoms with van der Waals surface area (Å²) in [6, 6.07) is 5.00. The van der Waals surface area contributed by atoms with Gasteiger partial charge in [0.25, 0.3) is 11.8 Å². The van der Waals surface area contributed by atoms with Crippen LogP contribution < -0.4 is 16.8 Å². The van der Waals surface area contributed by atoms with E-state index in [1.54, 1.807) is 29.1 Å². The number of nitrogen functional groups attached to an aromatic ring is 2. The first-order chi connectivity index (χ1) is 14.8. The lowest BCUT2D eigenvalue weighted by atomic mass is 9.86. The fourth-order valence-corrected chi connectivity index (χ4v) is 4.48. The second kappa shape index (κ2) is 8.18. The molecule has 0 aliphatic carbocycles. The highest BCUT2D eigenvalue weighted by Crippen LogP contribution is 2.40. The monoisotopic (exact) mass is 427 g/mol. The van der Waals surface area contributed by atoms with Gasteiger partial charge in [0.05, 0.1) is 23.1 Å². The number of benzene rings is 1. The zero-order valence-corrected chi connectivity index (χ0v) is 17.9. The van der Waals surface area contributed by atoms with E-state index < -0.39 is 0 Å². The Kier molecular flexibility index (Phi) is 5.57. The highest BCUT2D eigenvalue weighted by molar-refractivity contribution is 6.02. The fraction of sp³-hybridized carbons (Fsp3) is 0.524. The van der Waals surface area contributed by atoms with Gasteiger partial charge in [-0.1, -0.05) is 11.3 Å². The van der Waals surface area contributed by atoms with E-state index in [-0.39, 0.29) is 40.8 Å². The van der Waals surface area contributed by atoms with Gasteiger partial charge in [0.15, 0.2) is 5.69 Å². The number of nitrogens with one attached hydrogen (secondary N) is 1. The summed E-state index contributed by atoms with van der Waals surface area (Å²) in [5.74, 6) is -0.467. The first kappa shape index (κ1) is 21.1. The number of ether oxygens (including phenoxy) is 1. The first-order valence-electron chi connectivity index (χ1n) is 10.6. The number of amides is 2. The third-order valence-corrected chi connectivity index (χ3v) is 6.25. The summed E-state index contributed by atoms with van der Waals surface area (Å²) in [5, 5.41) is 11.0. The van der Waals surface area contributed by atoms with Gasteiger partial charge in [-0.3, -0.25) is 9.59 Å². The minimum Gasteiger partial charge on any atom is -0.397 e. The zero-order valence-electron chi connectivity index (χ0n) is 17.9. The molecule has 166 valence electrons. The van der Waals surface area contributed by atoms with Crippen LogP contribution in [0, 0.1) is 0 Å². The molecule has 1 aromatic heterocycles. The number of anilines is 2. The van der Waals surface area contributed by atoms with Crippen molar-refractivity contribution >= 4 is 23.2 Å². The summed E-state index contributed by atoms with van der Waals surface area (Å²) in [6.45, 7) is 5.46. The number of rotatable bonds is 4. The van der Waals surface area contributed by atoms with Crippen molar-refractivity contribution < 1.29 is 14.3 Å². The molecule has 2 amide bonds. The smallest absolute Gasteiger partial charge is 0.273 e. The summed E-state index contributed by atoms with van der Waals surface area (Å²) in [7, 11) is 0. The molecule has 2 aliphatic rings. The summed E-state index contributed by atoms with van der Waals surface area (Å²) in [4.78, 5) is 28.1. The molecule has 0 saturated carbocycles. The Balaban J connectivity index is 1.56. The average Bonchev–Trinajstić information content (AvgIpc) is 3.36. The van der Waals surface area contributed by atoms with Crippen molar-refractivity contribution in [2.45, 2.75) is 50.7 Å². The molecule has 1 spiro atoms. The molecule has 1 unspecified atom stereocenters. The topological polar surface area (TPSA) is 141 Å². The van der Waals surface area contributed by atoms with Crippen molar-refractivity contribution in [2.75, 3.05) is 31.2 Å². The number of nitrogens with two attached hydrogens (primary N) is 2. The molecule has 1 atom stereocenters. The number of carbonyl (C=O) groups excluding carboxylic acids is 2. The molecule has 4 rings (SSSR count). The van der Waals surface area contributed by atoms with E-state index in [2.05, 4.69) is 15.6 Å². The molecule has 10 heteroatoms. The van der Waals surface area contributed by atoms with Crippen LogP contribution in [0.25, 0.3) is 0 Å². The van der Waals surface area contributed by atoms with Gasteiger partial charge < -0.3 is 26.4 Å². The number of hydrogen-bond acceptors (Lipinski definition) is 7. The third-order valence-electron chi connectivity index (χ3n) is 6.25. The highest BCUT2D eigenvalue weighted by atomic mass is 16.5. The lowest BCUT2D eigenvalue weighted by Crippen LogP contribution is -2.50. The van der Waals surface area contributed by atoms with Crippen LogP contribution in [0.3, 0.4) is 0 Å². The van der Waals surface area contributed by atoms with Crippen LogP contribution in [0.2, 0.25) is 0 Å². The largest absolute Gasteiger partial charge is 0.397 e. The van der Waals surface area contributed by atoms with E-state index in [1.807, 2.05) is 18.7 Å². The molecular formula is C21H29N7O3. The second-order valence-corrected chi connectivity index (χ2v) is 8.61. The fourth-order valence-electron chi connectivity index (χ4n) is 4.48. The predicted octanol–water partition coefficient (Wildman–Crippen LogP) is 1.22. The van der Waals surface area contributed by atoms with Crippen LogP contribution in [-0.2, 0) is 4.74 Å². The van der Waals surface area contributed by atoms with Crippen LogP contribution in [0.1, 0.15) is 60.0 Å². The molecule has 0 radical (unpaired) electrons. The van der Waals surface area contributed by atoms with Crippen molar-refractivity contribution in [3.05, 3.63) is 35.7 Å². The molecular weight excluding hydrogens is 398 g/mol. The highest BCUT2D eigenvalue weighted by Gasteiger charge is 2.49. The molecule has 2 saturated heterocycles. The number of hydrogen-bond donors (Lipinski definition) is 3. The molecule has 3 heterocycles. The van der Waals surface area contributed by atoms with Crippen LogP contribution in [0.5, 0.6) is 0 Å². The average molecular weight is 428 g/mol. The van der Waals surface area contributed by atoms with Gasteiger partial charge in [-0.2, -0.15) is 0 Å². The summed E-state index contributed by atoms with van der Waals surface area (Å²) < 4.78 is 7.19. The Hall–Kier alpha value is -3.14. The Labute approximate surface area is 180 Å². The van der Waals surface area contributed by atoms with Gasteiger partial charge in [0, 0.05) is 37.4 Å². The Morgan fingerprint density at radius 3 is 2.68 bits per heavy atom. The van der Waals surface area contributed by atoms with Gasteiger partial charge in [0.2, 0.25) is 0 Å². The molecule has 2 aromatic rings. The lowest BCUT2D eigenvalue weighted by molar-refractivity contribution is -0.00312. The maximum absolute atomic E-state index is 13.5. The van der Waals surface area contributed by atoms with Crippen LogP contribution in [0.4, 0.5) is 11.4 Å². The summed E-state index contributed by atoms with van der Waals surface area (Å²) >= 11 is 0. The molecule has 31 heavy (non-hydrogen) atoms. The van der Waals surface area contributed by atoms with E-state index in [1.165, 1.54) is 0 Å². The van der Waals surface area contributed by atoms with Crippen molar-refractivity contribution in [3.8, 4) is 0 Å². The molecule has 10 nitrogen and oxygen atoms in total. The summed E-state index contributed by atoms with van der Waals surface area (Å²) in [6.07, 6.45) is 3.69. The molecule has 2 fully saturated rings. The normalized spacial score (nSPS) is 20.4. The van der Waals surface area contributed by atoms with Gasteiger partial charge in [-0.25, -0.2) is 4.68 Å². The lowest BCUT2D eigenvalue weighted by Gasteiger charge is -2.41. The number of carbonyl (C=O) groups is 2. The van der Waals surface area contributed by atoms with Gasteiger partial charge in [0.1, 0.15) is 0 Å². The van der Waals surface area contributed by atoms with Crippen molar-refractivity contribution in [2.24, 2.45) is 0 Å². The standard InChI is InChI=1S/C21H29N7O3/c1-13(2)28-12-17(25-26-28)19(29)24-14-10-21(6-8-31-9-7-21)27(11-14)20(30)15-4-3-5-16(22)18(15)23/h3-5,12-14H,6-11,22-23H2,1-2H3,(H,24,29). The van der Waals surface area contributed by atoms with Crippen molar-refractivity contribution in [1.82, 2.24) is 25.2 Å². The second-order valence-electron chi connectivity index (χ2n) is 8.61. The SMILES string of the molecule is CC(C)n1cc(C(=O)NC2CN(C(=O)c3cccc(N)c3N)C3(CCOCC3)C2)nn1. The van der Waals surface area contributed by atoms with E-state index in [9.17, 15) is 9.59 Å². The van der Waals surface area contributed by atoms with Gasteiger partial charge >= 0.3 is 0 Å². The van der Waals surface area contributed by atoms with E-state index in [0.29, 0.717) is 50.3 Å². The van der Waals surface area contributed by atoms with Crippen LogP contribution in [-0.4, -0.2) is 63.0 Å². The Bertz CT molecular complexity index is 981. The molecule has 0 bridgehead atoms. The van der Waals surface area contributed by atoms with Crippen LogP contribution >= 0.6 is 0 Å². The van der Waals surface area contributed by atoms with Crippen molar-refractivity contribution in [3.63, 3.8) is 0 Å². The number of likely N-dealkylation sites (tertiary alicyclic amines) is 1. The summed E-state index contributed by atoms with van der Waals surface area (Å²) in [5.41, 5.74) is 12.9.